The molecule has 3 N–H and O–H groups in total. The van der Waals surface area contributed by atoms with Gasteiger partial charge in [0.1, 0.15) is 11.9 Å². The van der Waals surface area contributed by atoms with Crippen LogP contribution in [0.25, 0.3) is 0 Å². The fourth-order valence-electron chi connectivity index (χ4n) is 6.20. The molecule has 0 spiro atoms. The van der Waals surface area contributed by atoms with Crippen molar-refractivity contribution in [2.45, 2.75) is 87.5 Å². The highest BCUT2D eigenvalue weighted by Gasteiger charge is 2.49. The van der Waals surface area contributed by atoms with Crippen LogP contribution in [0.5, 0.6) is 0 Å². The average molecular weight is 488 g/mol. The fraction of sp³-hybridized carbons (Fsp3) is 0.692. The average Bonchev–Trinajstić information content (AvgIpc) is 3.54. The van der Waals surface area contributed by atoms with Gasteiger partial charge < -0.3 is 10.7 Å². The zero-order valence-corrected chi connectivity index (χ0v) is 21.1. The molecule has 34 heavy (non-hydrogen) atoms. The number of nitrogens with zero attached hydrogens (tertiary/aromatic N) is 2. The van der Waals surface area contributed by atoms with E-state index in [1.807, 2.05) is 19.1 Å². The van der Waals surface area contributed by atoms with E-state index in [1.54, 1.807) is 18.5 Å². The lowest BCUT2D eigenvalue weighted by Crippen LogP contribution is -2.56. The molecule has 3 fully saturated rings. The van der Waals surface area contributed by atoms with Gasteiger partial charge in [-0.1, -0.05) is 31.9 Å². The third-order valence-corrected chi connectivity index (χ3v) is 9.79. The highest BCUT2D eigenvalue weighted by Crippen LogP contribution is 2.47. The molecule has 8 heteroatoms. The van der Waals surface area contributed by atoms with Gasteiger partial charge in [-0.25, -0.2) is 8.42 Å². The lowest BCUT2D eigenvalue weighted by Gasteiger charge is -2.40. The van der Waals surface area contributed by atoms with Crippen LogP contribution >= 0.6 is 0 Å². The Morgan fingerprint density at radius 1 is 1.18 bits per heavy atom. The molecule has 187 valence electrons. The molecular weight excluding hydrogens is 448 g/mol. The summed E-state index contributed by atoms with van der Waals surface area (Å²) in [4.78, 5) is 14.8. The molecule has 1 heterocycles. The monoisotopic (exact) mass is 487 g/mol. The van der Waals surface area contributed by atoms with E-state index in [2.05, 4.69) is 21.0 Å². The van der Waals surface area contributed by atoms with Crippen LogP contribution < -0.4 is 10.6 Å². The minimum atomic E-state index is -3.85. The smallest absolute Gasteiger partial charge is 0.241 e. The van der Waals surface area contributed by atoms with Gasteiger partial charge in [-0.15, -0.1) is 0 Å². The second kappa shape index (κ2) is 10.8. The first-order valence-electron chi connectivity index (χ1n) is 12.9. The number of likely N-dealkylation sites (tertiary alicyclic amines) is 1. The van der Waals surface area contributed by atoms with Crippen molar-refractivity contribution < 1.29 is 13.2 Å². The minimum Gasteiger partial charge on any atom is -0.361 e. The van der Waals surface area contributed by atoms with Crippen molar-refractivity contribution >= 4 is 22.6 Å². The fourth-order valence-corrected chi connectivity index (χ4v) is 7.63. The van der Waals surface area contributed by atoms with E-state index < -0.39 is 15.6 Å². The molecule has 1 aliphatic heterocycles. The summed E-state index contributed by atoms with van der Waals surface area (Å²) < 4.78 is 29.7. The lowest BCUT2D eigenvalue weighted by atomic mass is 9.74. The quantitative estimate of drug-likeness (QED) is 0.213. The number of piperidine rings is 1. The van der Waals surface area contributed by atoms with E-state index in [0.29, 0.717) is 24.2 Å². The maximum Gasteiger partial charge on any atom is 0.241 e. The molecule has 7 nitrogen and oxygen atoms in total. The third kappa shape index (κ3) is 5.65. The molecule has 1 aromatic rings. The lowest BCUT2D eigenvalue weighted by molar-refractivity contribution is 0.175. The Morgan fingerprint density at radius 2 is 1.88 bits per heavy atom. The van der Waals surface area contributed by atoms with Crippen LogP contribution in [0.1, 0.15) is 82.6 Å². The van der Waals surface area contributed by atoms with E-state index in [-0.39, 0.29) is 10.8 Å². The summed E-state index contributed by atoms with van der Waals surface area (Å²) in [6, 6.07) is 7.27. The Kier molecular flexibility index (Phi) is 7.97. The molecule has 4 rings (SSSR count). The van der Waals surface area contributed by atoms with Crippen molar-refractivity contribution in [1.82, 2.24) is 9.62 Å². The number of benzene rings is 1. The third-order valence-electron chi connectivity index (χ3n) is 8.26. The summed E-state index contributed by atoms with van der Waals surface area (Å²) >= 11 is 0. The molecule has 3 aliphatic rings. The number of hydrogen-bond acceptors (Lipinski definition) is 5. The van der Waals surface area contributed by atoms with Crippen LogP contribution in [0.15, 0.2) is 34.3 Å². The number of rotatable bonds is 11. The summed E-state index contributed by atoms with van der Waals surface area (Å²) in [5, 5.41) is 3.66. The summed E-state index contributed by atoms with van der Waals surface area (Å²) in [5.74, 6) is 6.53. The Labute approximate surface area is 204 Å². The van der Waals surface area contributed by atoms with Crippen LogP contribution in [0.3, 0.4) is 0 Å². The molecule has 0 aromatic heterocycles. The van der Waals surface area contributed by atoms with E-state index >= 15 is 0 Å². The first-order valence-corrected chi connectivity index (χ1v) is 14.4. The molecule has 3 atom stereocenters. The Balaban J connectivity index is 1.52. The van der Waals surface area contributed by atoms with Crippen LogP contribution in [-0.2, 0) is 14.8 Å². The zero-order chi connectivity index (χ0) is 24.2. The van der Waals surface area contributed by atoms with E-state index in [1.165, 1.54) is 31.2 Å². The summed E-state index contributed by atoms with van der Waals surface area (Å²) in [6.45, 7) is 3.64. The van der Waals surface area contributed by atoms with E-state index in [4.69, 9.17) is 5.84 Å². The summed E-state index contributed by atoms with van der Waals surface area (Å²) in [7, 11) is -3.85. The second-order valence-corrected chi connectivity index (χ2v) is 12.2. The molecular formula is C26H39N4O3S. The number of nitrogens with two attached hydrogens (primary N) is 1. The standard InChI is InChI=1S/C26H39N4O3S/c1-2-26(18-31,25(23-9-10-23)16-20-6-5-15-30(17-20)19-28-27)29-34(32,33)24-13-11-22(12-14-24)21-7-3-4-8-21/h11-14,19-21,23,25,29H,2-10,15-17,27H2,1H3/t20?,25-,26+/m0/s1. The molecule has 1 saturated heterocycles. The van der Waals surface area contributed by atoms with Gasteiger partial charge in [-0.05, 0) is 92.7 Å². The molecule has 2 aliphatic carbocycles. The van der Waals surface area contributed by atoms with Crippen molar-refractivity contribution in [1.29, 1.82) is 0 Å². The van der Waals surface area contributed by atoms with Crippen LogP contribution in [0.4, 0.5) is 0 Å². The van der Waals surface area contributed by atoms with Gasteiger partial charge in [0.05, 0.1) is 4.90 Å². The maximum atomic E-state index is 13.4. The van der Waals surface area contributed by atoms with Gasteiger partial charge in [0.2, 0.25) is 16.3 Å². The van der Waals surface area contributed by atoms with Crippen LogP contribution in [-0.4, -0.2) is 44.6 Å². The largest absolute Gasteiger partial charge is 0.361 e. The minimum absolute atomic E-state index is 0.0673. The van der Waals surface area contributed by atoms with Crippen LogP contribution in [0.2, 0.25) is 0 Å². The summed E-state index contributed by atoms with van der Waals surface area (Å²) in [5.41, 5.74) is -0.00663. The number of nitrogens with one attached hydrogen (secondary N) is 1. The normalized spacial score (nSPS) is 24.9. The van der Waals surface area contributed by atoms with Gasteiger partial charge in [-0.2, -0.15) is 9.82 Å². The first-order chi connectivity index (χ1) is 16.4. The van der Waals surface area contributed by atoms with Gasteiger partial charge in [-0.3, -0.25) is 4.79 Å². The predicted octanol–water partition coefficient (Wildman–Crippen LogP) is 3.91. The molecule has 2 saturated carbocycles. The number of carbonyl (C=O) groups excluding carboxylic acids is 1. The second-order valence-electron chi connectivity index (χ2n) is 10.5. The van der Waals surface area contributed by atoms with Gasteiger partial charge in [0.25, 0.3) is 0 Å². The zero-order valence-electron chi connectivity index (χ0n) is 20.3. The van der Waals surface area contributed by atoms with Crippen molar-refractivity contribution in [3.63, 3.8) is 0 Å². The van der Waals surface area contributed by atoms with E-state index in [9.17, 15) is 13.2 Å². The van der Waals surface area contributed by atoms with E-state index in [0.717, 1.165) is 45.2 Å². The molecule has 1 radical (unpaired) electrons. The van der Waals surface area contributed by atoms with Gasteiger partial charge in [0, 0.05) is 13.1 Å². The molecule has 0 bridgehead atoms. The number of hydrazone groups is 1. The Bertz CT molecular complexity index is 955. The topological polar surface area (TPSA) is 105 Å². The van der Waals surface area contributed by atoms with Crippen molar-refractivity contribution in [2.24, 2.45) is 28.7 Å². The highest BCUT2D eigenvalue weighted by molar-refractivity contribution is 7.89. The highest BCUT2D eigenvalue weighted by atomic mass is 32.2. The Hall–Kier alpha value is -1.93. The molecule has 1 unspecified atom stereocenters. The van der Waals surface area contributed by atoms with Crippen LogP contribution in [0, 0.1) is 17.8 Å². The van der Waals surface area contributed by atoms with Crippen molar-refractivity contribution in [3.8, 4) is 0 Å². The number of hydrogen-bond donors (Lipinski definition) is 2. The first kappa shape index (κ1) is 25.2. The van der Waals surface area contributed by atoms with Crippen molar-refractivity contribution in [3.05, 3.63) is 29.8 Å². The number of sulfonamides is 1. The van der Waals surface area contributed by atoms with Gasteiger partial charge >= 0.3 is 0 Å². The molecule has 1 aromatic carbocycles. The maximum absolute atomic E-state index is 13.4. The molecule has 0 amide bonds. The Morgan fingerprint density at radius 3 is 2.47 bits per heavy atom. The summed E-state index contributed by atoms with van der Waals surface area (Å²) in [6.07, 6.45) is 14.0. The SMILES string of the molecule is CC[C@]([C]=O)(NS(=O)(=O)c1ccc(C2CCCC2)cc1)[C@@H](CC1CCCN(C=NN)C1)C1CC1. The predicted molar refractivity (Wildman–Crippen MR) is 134 cm³/mol. The van der Waals surface area contributed by atoms with Crippen molar-refractivity contribution in [2.75, 3.05) is 13.1 Å². The van der Waals surface area contributed by atoms with Gasteiger partial charge in [0.15, 0.2) is 0 Å².